The first kappa shape index (κ1) is 14.6. The van der Waals surface area contributed by atoms with Crippen LogP contribution in [0.1, 0.15) is 11.3 Å². The molecule has 2 N–H and O–H groups in total. The van der Waals surface area contributed by atoms with Crippen molar-refractivity contribution in [1.29, 1.82) is 0 Å². The first-order valence-electron chi connectivity index (χ1n) is 6.10. The molecule has 0 aliphatic rings. The van der Waals surface area contributed by atoms with Crippen LogP contribution in [-0.4, -0.2) is 25.4 Å². The fraction of sp³-hybridized carbons (Fsp3) is 0.231. The van der Waals surface area contributed by atoms with Crippen molar-refractivity contribution >= 4 is 10.0 Å². The summed E-state index contributed by atoms with van der Waals surface area (Å²) in [5, 5.41) is 3.01. The van der Waals surface area contributed by atoms with Crippen LogP contribution in [0.5, 0.6) is 0 Å². The number of aromatic nitrogens is 2. The third-order valence-electron chi connectivity index (χ3n) is 2.70. The Bertz CT molecular complexity index is 642. The molecule has 2 rings (SSSR count). The van der Waals surface area contributed by atoms with Gasteiger partial charge in [0.1, 0.15) is 6.33 Å². The van der Waals surface area contributed by atoms with Gasteiger partial charge in [-0.2, -0.15) is 0 Å². The second-order valence-corrected chi connectivity index (χ2v) is 5.97. The van der Waals surface area contributed by atoms with Gasteiger partial charge in [0, 0.05) is 12.7 Å². The minimum Gasteiger partial charge on any atom is -0.316 e. The van der Waals surface area contributed by atoms with Crippen molar-refractivity contribution < 1.29 is 8.42 Å². The van der Waals surface area contributed by atoms with Gasteiger partial charge in [-0.15, -0.1) is 0 Å². The molecule has 6 nitrogen and oxygen atoms in total. The van der Waals surface area contributed by atoms with Gasteiger partial charge in [0.05, 0.1) is 17.1 Å². The number of hydrogen-bond acceptors (Lipinski definition) is 5. The predicted octanol–water partition coefficient (Wildman–Crippen LogP) is 0.674. The van der Waals surface area contributed by atoms with Crippen LogP contribution in [0.25, 0.3) is 0 Å². The average molecular weight is 292 g/mol. The lowest BCUT2D eigenvalue weighted by Gasteiger charge is -2.07. The summed E-state index contributed by atoms with van der Waals surface area (Å²) in [6.45, 7) is 0.845. The van der Waals surface area contributed by atoms with Crippen molar-refractivity contribution in [3.05, 3.63) is 54.1 Å². The van der Waals surface area contributed by atoms with Crippen LogP contribution < -0.4 is 10.0 Å². The third-order valence-corrected chi connectivity index (χ3v) is 4.12. The highest BCUT2D eigenvalue weighted by Crippen LogP contribution is 2.11. The molecule has 0 radical (unpaired) electrons. The van der Waals surface area contributed by atoms with Gasteiger partial charge in [-0.25, -0.2) is 23.1 Å². The van der Waals surface area contributed by atoms with Crippen LogP contribution in [-0.2, 0) is 23.1 Å². The van der Waals surface area contributed by atoms with Crippen LogP contribution in [0.2, 0.25) is 0 Å². The molecule has 7 heteroatoms. The molecule has 0 aliphatic carbocycles. The van der Waals surface area contributed by atoms with Gasteiger partial charge in [-0.05, 0) is 30.8 Å². The largest absolute Gasteiger partial charge is 0.316 e. The van der Waals surface area contributed by atoms with Crippen LogP contribution in [0.15, 0.2) is 47.8 Å². The minimum atomic E-state index is -3.52. The van der Waals surface area contributed by atoms with E-state index in [2.05, 4.69) is 20.0 Å². The molecule has 0 amide bonds. The summed E-state index contributed by atoms with van der Waals surface area (Å²) in [6.07, 6.45) is 2.96. The lowest BCUT2D eigenvalue weighted by molar-refractivity contribution is 0.580. The molecule has 0 aliphatic heterocycles. The third kappa shape index (κ3) is 3.83. The molecule has 0 saturated heterocycles. The van der Waals surface area contributed by atoms with Gasteiger partial charge in [0.15, 0.2) is 0 Å². The van der Waals surface area contributed by atoms with Crippen LogP contribution in [0, 0.1) is 0 Å². The summed E-state index contributed by atoms with van der Waals surface area (Å²) in [7, 11) is -1.68. The Morgan fingerprint density at radius 3 is 2.45 bits per heavy atom. The van der Waals surface area contributed by atoms with Crippen molar-refractivity contribution in [3.63, 3.8) is 0 Å². The van der Waals surface area contributed by atoms with E-state index < -0.39 is 10.0 Å². The van der Waals surface area contributed by atoms with E-state index in [0.717, 1.165) is 5.56 Å². The van der Waals surface area contributed by atoms with E-state index in [-0.39, 0.29) is 11.4 Å². The van der Waals surface area contributed by atoms with Crippen molar-refractivity contribution in [2.45, 2.75) is 18.0 Å². The second-order valence-electron chi connectivity index (χ2n) is 4.20. The Balaban J connectivity index is 2.06. The SMILES string of the molecule is CNCc1ccc(S(=O)(=O)NCc2ccncn2)cc1. The minimum absolute atomic E-state index is 0.142. The molecular formula is C13H16N4O2S. The molecule has 0 bridgehead atoms. The molecule has 2 aromatic rings. The summed E-state index contributed by atoms with van der Waals surface area (Å²) in [5.41, 5.74) is 1.65. The van der Waals surface area contributed by atoms with Gasteiger partial charge < -0.3 is 5.32 Å². The number of rotatable bonds is 6. The normalized spacial score (nSPS) is 11.4. The predicted molar refractivity (Wildman–Crippen MR) is 75.3 cm³/mol. The smallest absolute Gasteiger partial charge is 0.240 e. The molecule has 1 aromatic heterocycles. The van der Waals surface area contributed by atoms with Crippen LogP contribution in [0.3, 0.4) is 0 Å². The Kier molecular flexibility index (Phi) is 4.78. The number of hydrogen-bond donors (Lipinski definition) is 2. The standard InChI is InChI=1S/C13H16N4O2S/c1-14-8-11-2-4-13(5-3-11)20(18,19)17-9-12-6-7-15-10-16-12/h2-7,10,14,17H,8-9H2,1H3. The summed E-state index contributed by atoms with van der Waals surface area (Å²) in [4.78, 5) is 7.99. The molecule has 1 aromatic carbocycles. The number of benzene rings is 1. The number of sulfonamides is 1. The number of nitrogens with one attached hydrogen (secondary N) is 2. The van der Waals surface area contributed by atoms with E-state index in [1.54, 1.807) is 36.5 Å². The maximum atomic E-state index is 12.1. The molecule has 0 unspecified atom stereocenters. The zero-order valence-electron chi connectivity index (χ0n) is 11.1. The first-order chi connectivity index (χ1) is 9.62. The van der Waals surface area contributed by atoms with E-state index in [1.807, 2.05) is 7.05 Å². The monoisotopic (exact) mass is 292 g/mol. The van der Waals surface area contributed by atoms with Crippen LogP contribution in [0.4, 0.5) is 0 Å². The highest BCUT2D eigenvalue weighted by molar-refractivity contribution is 7.89. The second kappa shape index (κ2) is 6.56. The van der Waals surface area contributed by atoms with Crippen molar-refractivity contribution in [2.75, 3.05) is 7.05 Å². The molecule has 20 heavy (non-hydrogen) atoms. The Hall–Kier alpha value is -1.83. The quantitative estimate of drug-likeness (QED) is 0.817. The highest BCUT2D eigenvalue weighted by Gasteiger charge is 2.13. The van der Waals surface area contributed by atoms with Crippen molar-refractivity contribution in [2.24, 2.45) is 0 Å². The van der Waals surface area contributed by atoms with E-state index in [4.69, 9.17) is 0 Å². The van der Waals surface area contributed by atoms with Gasteiger partial charge in [0.25, 0.3) is 0 Å². The Labute approximate surface area is 118 Å². The molecule has 0 fully saturated rings. The van der Waals surface area contributed by atoms with Gasteiger partial charge in [0.2, 0.25) is 10.0 Å². The molecule has 106 valence electrons. The lowest BCUT2D eigenvalue weighted by Crippen LogP contribution is -2.23. The molecule has 0 saturated carbocycles. The molecular weight excluding hydrogens is 276 g/mol. The van der Waals surface area contributed by atoms with Crippen LogP contribution >= 0.6 is 0 Å². The van der Waals surface area contributed by atoms with E-state index >= 15 is 0 Å². The number of nitrogens with zero attached hydrogens (tertiary/aromatic N) is 2. The topological polar surface area (TPSA) is 84.0 Å². The summed E-state index contributed by atoms with van der Waals surface area (Å²) in [5.74, 6) is 0. The summed E-state index contributed by atoms with van der Waals surface area (Å²) < 4.78 is 26.7. The van der Waals surface area contributed by atoms with E-state index in [9.17, 15) is 8.42 Å². The van der Waals surface area contributed by atoms with Crippen molar-refractivity contribution in [3.8, 4) is 0 Å². The van der Waals surface area contributed by atoms with Gasteiger partial charge in [-0.1, -0.05) is 12.1 Å². The lowest BCUT2D eigenvalue weighted by atomic mass is 10.2. The van der Waals surface area contributed by atoms with Gasteiger partial charge in [-0.3, -0.25) is 0 Å². The molecule has 0 spiro atoms. The van der Waals surface area contributed by atoms with Gasteiger partial charge >= 0.3 is 0 Å². The first-order valence-corrected chi connectivity index (χ1v) is 7.58. The molecule has 1 heterocycles. The zero-order chi connectivity index (χ0) is 14.4. The maximum Gasteiger partial charge on any atom is 0.240 e. The van der Waals surface area contributed by atoms with E-state index in [1.165, 1.54) is 6.33 Å². The summed E-state index contributed by atoms with van der Waals surface area (Å²) in [6, 6.07) is 8.42. The highest BCUT2D eigenvalue weighted by atomic mass is 32.2. The zero-order valence-corrected chi connectivity index (χ0v) is 11.9. The Morgan fingerprint density at radius 1 is 1.10 bits per heavy atom. The fourth-order valence-electron chi connectivity index (χ4n) is 1.67. The summed E-state index contributed by atoms with van der Waals surface area (Å²) >= 11 is 0. The molecule has 0 atom stereocenters. The van der Waals surface area contributed by atoms with E-state index in [0.29, 0.717) is 12.2 Å². The fourth-order valence-corrected chi connectivity index (χ4v) is 2.66. The van der Waals surface area contributed by atoms with Crippen molar-refractivity contribution in [1.82, 2.24) is 20.0 Å². The average Bonchev–Trinajstić information content (AvgIpc) is 2.47. The Morgan fingerprint density at radius 2 is 1.85 bits per heavy atom. The maximum absolute atomic E-state index is 12.1.